The van der Waals surface area contributed by atoms with Crippen LogP contribution in [0.3, 0.4) is 0 Å². The zero-order valence-electron chi connectivity index (χ0n) is 19.3. The highest BCUT2D eigenvalue weighted by Gasteiger charge is 2.08. The van der Waals surface area contributed by atoms with Crippen molar-refractivity contribution in [1.29, 1.82) is 0 Å². The number of rotatable bonds is 7. The van der Waals surface area contributed by atoms with Crippen molar-refractivity contribution < 1.29 is 0 Å². The summed E-state index contributed by atoms with van der Waals surface area (Å²) >= 11 is 0. The van der Waals surface area contributed by atoms with E-state index < -0.39 is 0 Å². The van der Waals surface area contributed by atoms with Crippen LogP contribution in [0.4, 0.5) is 0 Å². The molecule has 0 aliphatic heterocycles. The molecule has 0 aliphatic rings. The first-order valence-corrected chi connectivity index (χ1v) is 11.8. The number of hydrogen-bond acceptors (Lipinski definition) is 2. The lowest BCUT2D eigenvalue weighted by Crippen LogP contribution is -1.84. The van der Waals surface area contributed by atoms with E-state index in [1.807, 2.05) is 6.07 Å². The van der Waals surface area contributed by atoms with Gasteiger partial charge in [0.25, 0.3) is 0 Å². The van der Waals surface area contributed by atoms with Crippen LogP contribution in [0.5, 0.6) is 0 Å². The highest BCUT2D eigenvalue weighted by Crippen LogP contribution is 2.27. The molecule has 1 heterocycles. The normalized spacial score (nSPS) is 11.2. The monoisotopic (exact) mass is 441 g/mol. The number of aromatic amines is 1. The summed E-state index contributed by atoms with van der Waals surface area (Å²) in [6.45, 7) is 2.19. The van der Waals surface area contributed by atoms with Gasteiger partial charge in [0.1, 0.15) is 0 Å². The van der Waals surface area contributed by atoms with Crippen molar-refractivity contribution in [1.82, 2.24) is 15.2 Å². The van der Waals surface area contributed by atoms with Crippen LogP contribution < -0.4 is 0 Å². The van der Waals surface area contributed by atoms with Crippen molar-refractivity contribution in [2.24, 2.45) is 0 Å². The van der Waals surface area contributed by atoms with Crippen molar-refractivity contribution in [2.45, 2.75) is 19.8 Å². The third kappa shape index (κ3) is 4.89. The fraction of sp³-hybridized carbons (Fsp3) is 0.0968. The van der Waals surface area contributed by atoms with E-state index in [2.05, 4.69) is 126 Å². The molecule has 1 N–H and O–H groups in total. The SMILES string of the molecule is CCC/C=C\c1ccc(-c2nc(-c3ccc(-c4ccc(-c5ccccc5)cc4)cc3)n[nH]2)cc1. The summed E-state index contributed by atoms with van der Waals surface area (Å²) in [6.07, 6.45) is 6.64. The average molecular weight is 442 g/mol. The second-order valence-corrected chi connectivity index (χ2v) is 8.34. The molecule has 3 heteroatoms. The molecule has 0 spiro atoms. The van der Waals surface area contributed by atoms with Gasteiger partial charge in [-0.3, -0.25) is 5.10 Å². The van der Waals surface area contributed by atoms with Gasteiger partial charge in [0.15, 0.2) is 11.6 Å². The minimum Gasteiger partial charge on any atom is -0.259 e. The highest BCUT2D eigenvalue weighted by molar-refractivity contribution is 5.72. The fourth-order valence-electron chi connectivity index (χ4n) is 3.96. The zero-order chi connectivity index (χ0) is 23.2. The second-order valence-electron chi connectivity index (χ2n) is 8.34. The molecule has 0 fully saturated rings. The van der Waals surface area contributed by atoms with E-state index in [4.69, 9.17) is 4.98 Å². The maximum Gasteiger partial charge on any atom is 0.181 e. The van der Waals surface area contributed by atoms with Gasteiger partial charge in [0, 0.05) is 11.1 Å². The Morgan fingerprint density at radius 2 is 1.15 bits per heavy atom. The van der Waals surface area contributed by atoms with Crippen LogP contribution in [0.25, 0.3) is 51.1 Å². The molecule has 0 saturated heterocycles. The molecule has 166 valence electrons. The number of benzene rings is 4. The maximum atomic E-state index is 4.72. The quantitative estimate of drug-likeness (QED) is 0.276. The molecule has 0 saturated carbocycles. The summed E-state index contributed by atoms with van der Waals surface area (Å²) in [6, 6.07) is 35.9. The van der Waals surface area contributed by atoms with Crippen LogP contribution in [0, 0.1) is 0 Å². The van der Waals surface area contributed by atoms with Gasteiger partial charge in [0.2, 0.25) is 0 Å². The third-order valence-electron chi connectivity index (χ3n) is 5.90. The minimum absolute atomic E-state index is 0.702. The van der Waals surface area contributed by atoms with Gasteiger partial charge in [-0.05, 0) is 34.2 Å². The Labute approximate surface area is 200 Å². The summed E-state index contributed by atoms with van der Waals surface area (Å²) in [5, 5.41) is 7.52. The topological polar surface area (TPSA) is 41.6 Å². The first-order chi connectivity index (χ1) is 16.8. The first kappa shape index (κ1) is 21.6. The number of unbranched alkanes of at least 4 members (excludes halogenated alkanes) is 1. The summed E-state index contributed by atoms with van der Waals surface area (Å²) in [5.74, 6) is 1.48. The second kappa shape index (κ2) is 10.1. The van der Waals surface area contributed by atoms with Crippen molar-refractivity contribution in [3.8, 4) is 45.0 Å². The lowest BCUT2D eigenvalue weighted by molar-refractivity contribution is 0.962. The Morgan fingerprint density at radius 1 is 0.618 bits per heavy atom. The molecule has 5 aromatic rings. The number of hydrogen-bond donors (Lipinski definition) is 1. The van der Waals surface area contributed by atoms with Crippen molar-refractivity contribution in [2.75, 3.05) is 0 Å². The first-order valence-electron chi connectivity index (χ1n) is 11.8. The molecule has 0 aliphatic carbocycles. The Balaban J connectivity index is 1.30. The maximum absolute atomic E-state index is 4.72. The minimum atomic E-state index is 0.702. The van der Waals surface area contributed by atoms with Crippen LogP contribution >= 0.6 is 0 Å². The van der Waals surface area contributed by atoms with Gasteiger partial charge < -0.3 is 0 Å². The summed E-state index contributed by atoms with van der Waals surface area (Å²) < 4.78 is 0. The van der Waals surface area contributed by atoms with Crippen LogP contribution in [0.15, 0.2) is 109 Å². The molecule has 1 aromatic heterocycles. The van der Waals surface area contributed by atoms with E-state index in [0.717, 1.165) is 29.8 Å². The van der Waals surface area contributed by atoms with E-state index >= 15 is 0 Å². The van der Waals surface area contributed by atoms with Gasteiger partial charge in [0.05, 0.1) is 0 Å². The standard InChI is InChI=1S/C31H27N3/c1-2-3-5-8-23-11-13-28(14-12-23)30-32-31(34-33-30)29-21-19-27(20-22-29)26-17-15-25(16-18-26)24-9-6-4-7-10-24/h4-22H,2-3H2,1H3,(H,32,33,34)/b8-5-. The summed E-state index contributed by atoms with van der Waals surface area (Å²) in [7, 11) is 0. The van der Waals surface area contributed by atoms with Gasteiger partial charge in [-0.2, -0.15) is 5.10 Å². The van der Waals surface area contributed by atoms with Gasteiger partial charge in [-0.15, -0.1) is 0 Å². The highest BCUT2D eigenvalue weighted by atomic mass is 15.2. The lowest BCUT2D eigenvalue weighted by atomic mass is 9.99. The Kier molecular flexibility index (Phi) is 6.44. The van der Waals surface area contributed by atoms with E-state index in [0.29, 0.717) is 5.82 Å². The molecule has 0 radical (unpaired) electrons. The molecule has 0 atom stereocenters. The molecule has 0 unspecified atom stereocenters. The van der Waals surface area contributed by atoms with Crippen molar-refractivity contribution in [3.63, 3.8) is 0 Å². The van der Waals surface area contributed by atoms with Gasteiger partial charge in [-0.25, -0.2) is 4.98 Å². The van der Waals surface area contributed by atoms with E-state index in [9.17, 15) is 0 Å². The molecule has 3 nitrogen and oxygen atoms in total. The molecule has 34 heavy (non-hydrogen) atoms. The predicted octanol–water partition coefficient (Wildman–Crippen LogP) is 8.29. The Hall–Kier alpha value is -4.24. The largest absolute Gasteiger partial charge is 0.259 e. The number of H-pyrrole nitrogens is 1. The van der Waals surface area contributed by atoms with Crippen LogP contribution in [0.1, 0.15) is 25.3 Å². The molecule has 4 aromatic carbocycles. The lowest BCUT2D eigenvalue weighted by Gasteiger charge is -2.05. The van der Waals surface area contributed by atoms with E-state index in [-0.39, 0.29) is 0 Å². The average Bonchev–Trinajstić information content (AvgIpc) is 3.40. The van der Waals surface area contributed by atoms with Crippen molar-refractivity contribution >= 4 is 6.08 Å². The molecule has 5 rings (SSSR count). The van der Waals surface area contributed by atoms with Crippen molar-refractivity contribution in [3.05, 3.63) is 115 Å². The van der Waals surface area contributed by atoms with E-state index in [1.165, 1.54) is 27.8 Å². The van der Waals surface area contributed by atoms with E-state index in [1.54, 1.807) is 0 Å². The Morgan fingerprint density at radius 3 is 1.74 bits per heavy atom. The third-order valence-corrected chi connectivity index (χ3v) is 5.90. The molecular formula is C31H27N3. The smallest absolute Gasteiger partial charge is 0.181 e. The molecule has 0 bridgehead atoms. The molecule has 0 amide bonds. The number of nitrogens with one attached hydrogen (secondary N) is 1. The van der Waals surface area contributed by atoms with Gasteiger partial charge in [-0.1, -0.05) is 129 Å². The number of aromatic nitrogens is 3. The zero-order valence-corrected chi connectivity index (χ0v) is 19.3. The number of allylic oxidation sites excluding steroid dienone is 1. The summed E-state index contributed by atoms with van der Waals surface area (Å²) in [4.78, 5) is 4.72. The number of nitrogens with zero attached hydrogens (tertiary/aromatic N) is 2. The fourth-order valence-corrected chi connectivity index (χ4v) is 3.96. The van der Waals surface area contributed by atoms with Crippen LogP contribution in [-0.4, -0.2) is 15.2 Å². The van der Waals surface area contributed by atoms with Gasteiger partial charge >= 0.3 is 0 Å². The van der Waals surface area contributed by atoms with Crippen LogP contribution in [0.2, 0.25) is 0 Å². The Bertz CT molecular complexity index is 1360. The predicted molar refractivity (Wildman–Crippen MR) is 142 cm³/mol. The molecular weight excluding hydrogens is 414 g/mol. The summed E-state index contributed by atoms with van der Waals surface area (Å²) in [5.41, 5.74) is 8.03. The van der Waals surface area contributed by atoms with Crippen LogP contribution in [-0.2, 0) is 0 Å².